The highest BCUT2D eigenvalue weighted by Gasteiger charge is 2.79. The van der Waals surface area contributed by atoms with Gasteiger partial charge in [-0.2, -0.15) is 26.3 Å². The molecule has 2 aliphatic rings. The summed E-state index contributed by atoms with van der Waals surface area (Å²) in [5.74, 6) is -2.49. The van der Waals surface area contributed by atoms with Crippen molar-refractivity contribution in [2.75, 3.05) is 0 Å². The minimum absolute atomic E-state index is 0.0165. The Hall–Kier alpha value is -0.660. The van der Waals surface area contributed by atoms with E-state index < -0.39 is 45.3 Å². The monoisotopic (exact) mass is 516 g/mol. The maximum atomic E-state index is 13.5. The quantitative estimate of drug-likeness (QED) is 0.143. The van der Waals surface area contributed by atoms with Gasteiger partial charge in [-0.3, -0.25) is 4.79 Å². The Labute approximate surface area is 165 Å². The highest BCUT2D eigenvalue weighted by Crippen LogP contribution is 2.53. The molecule has 1 saturated carbocycles. The van der Waals surface area contributed by atoms with Crippen LogP contribution in [0, 0.1) is 10.8 Å². The van der Waals surface area contributed by atoms with Crippen molar-refractivity contribution < 1.29 is 35.9 Å². The van der Waals surface area contributed by atoms with Gasteiger partial charge in [0.1, 0.15) is 3.42 Å². The van der Waals surface area contributed by atoms with Gasteiger partial charge >= 0.3 is 23.9 Å². The lowest BCUT2D eigenvalue weighted by atomic mass is 9.82. The van der Waals surface area contributed by atoms with Gasteiger partial charge in [-0.15, -0.1) is 4.91 Å². The number of hydrogen-bond donors (Lipinski definition) is 1. The molecule has 0 aromatic rings. The lowest BCUT2D eigenvalue weighted by Crippen LogP contribution is -2.66. The zero-order valence-corrected chi connectivity index (χ0v) is 16.6. The molecule has 2 rings (SSSR count). The maximum Gasteiger partial charge on any atom is 0.429 e. The van der Waals surface area contributed by atoms with E-state index >= 15 is 0 Å². The van der Waals surface area contributed by atoms with E-state index in [4.69, 9.17) is 4.74 Å². The zero-order valence-electron chi connectivity index (χ0n) is 14.5. The van der Waals surface area contributed by atoms with Crippen LogP contribution in [0.2, 0.25) is 0 Å². The Bertz CT molecular complexity index is 575. The number of nitroso groups, excluding NO2 is 1. The van der Waals surface area contributed by atoms with Crippen molar-refractivity contribution in [3.8, 4) is 0 Å². The molecular formula is C15H19F6IN2O3. The number of alkyl halides is 7. The number of hydrogen-bond acceptors (Lipinski definition) is 5. The Balaban J connectivity index is 2.46. The Morgan fingerprint density at radius 1 is 1.15 bits per heavy atom. The number of esters is 1. The van der Waals surface area contributed by atoms with Crippen molar-refractivity contribution in [1.29, 1.82) is 0 Å². The fourth-order valence-corrected chi connectivity index (χ4v) is 4.48. The highest BCUT2D eigenvalue weighted by molar-refractivity contribution is 14.1. The molecule has 1 aliphatic carbocycles. The summed E-state index contributed by atoms with van der Waals surface area (Å²) in [6, 6.07) is -0.589. The fourth-order valence-electron chi connectivity index (χ4n) is 3.63. The van der Waals surface area contributed by atoms with Crippen LogP contribution in [0.5, 0.6) is 0 Å². The van der Waals surface area contributed by atoms with Crippen molar-refractivity contribution in [2.45, 2.75) is 79.0 Å². The average Bonchev–Trinajstić information content (AvgIpc) is 3.03. The standard InChI is InChI=1S/C15H19F6IN2O3/c1-7-9(23-7)12(2,22)11(25)27-10(8-5-3-4-6-8)13(24-26,14(16,17)18)15(19,20)21/h7-10,23H,3-6H2,1-2H3/t7-,9?,10?,12?/m0/s1. The van der Waals surface area contributed by atoms with Gasteiger partial charge in [-0.1, -0.05) is 35.4 Å². The van der Waals surface area contributed by atoms with Crippen molar-refractivity contribution >= 4 is 28.6 Å². The van der Waals surface area contributed by atoms with Crippen molar-refractivity contribution in [3.63, 3.8) is 0 Å². The van der Waals surface area contributed by atoms with Crippen molar-refractivity contribution in [3.05, 3.63) is 4.91 Å². The molecule has 1 aliphatic heterocycles. The van der Waals surface area contributed by atoms with E-state index in [-0.39, 0.29) is 18.9 Å². The van der Waals surface area contributed by atoms with Crippen molar-refractivity contribution in [2.24, 2.45) is 11.1 Å². The molecule has 5 nitrogen and oxygen atoms in total. The van der Waals surface area contributed by atoms with E-state index in [1.54, 1.807) is 29.5 Å². The third kappa shape index (κ3) is 3.92. The predicted octanol–water partition coefficient (Wildman–Crippen LogP) is 4.27. The second-order valence-electron chi connectivity index (χ2n) is 7.23. The molecule has 0 aromatic carbocycles. The molecule has 1 N–H and O–H groups in total. The second kappa shape index (κ2) is 7.30. The van der Waals surface area contributed by atoms with Crippen LogP contribution in [0.3, 0.4) is 0 Å². The molecule has 1 saturated heterocycles. The normalized spacial score (nSPS) is 27.7. The number of halogens is 7. The number of carbonyl (C=O) groups excluding carboxylic acids is 1. The summed E-state index contributed by atoms with van der Waals surface area (Å²) in [4.78, 5) is 23.6. The summed E-state index contributed by atoms with van der Waals surface area (Å²) >= 11 is 1.64. The van der Waals surface area contributed by atoms with E-state index in [2.05, 4.69) is 5.32 Å². The topological polar surface area (TPSA) is 77.7 Å². The highest BCUT2D eigenvalue weighted by atomic mass is 127. The lowest BCUT2D eigenvalue weighted by molar-refractivity contribution is -0.324. The van der Waals surface area contributed by atoms with Gasteiger partial charge < -0.3 is 10.1 Å². The van der Waals surface area contributed by atoms with Gasteiger partial charge in [0.2, 0.25) is 0 Å². The van der Waals surface area contributed by atoms with Crippen LogP contribution in [-0.2, 0) is 9.53 Å². The van der Waals surface area contributed by atoms with Gasteiger partial charge in [0.15, 0.2) is 6.10 Å². The van der Waals surface area contributed by atoms with Gasteiger partial charge in [0.25, 0.3) is 0 Å². The number of rotatable bonds is 6. The molecule has 27 heavy (non-hydrogen) atoms. The number of nitrogens with one attached hydrogen (secondary N) is 1. The molecule has 0 amide bonds. The van der Waals surface area contributed by atoms with Gasteiger partial charge in [-0.05, 0) is 37.8 Å². The maximum absolute atomic E-state index is 13.5. The largest absolute Gasteiger partial charge is 0.458 e. The summed E-state index contributed by atoms with van der Waals surface area (Å²) < 4.78 is 84.7. The third-order valence-electron chi connectivity index (χ3n) is 5.30. The molecule has 0 bridgehead atoms. The molecule has 156 valence electrons. The molecule has 0 aromatic heterocycles. The van der Waals surface area contributed by atoms with Crippen LogP contribution in [0.25, 0.3) is 0 Å². The van der Waals surface area contributed by atoms with Crippen LogP contribution in [0.15, 0.2) is 5.18 Å². The Morgan fingerprint density at radius 3 is 1.93 bits per heavy atom. The molecule has 3 unspecified atom stereocenters. The molecular weight excluding hydrogens is 497 g/mol. The fraction of sp³-hybridized carbons (Fsp3) is 0.933. The number of nitrogens with zero attached hydrogens (tertiary/aromatic N) is 1. The Kier molecular flexibility index (Phi) is 6.12. The first-order chi connectivity index (χ1) is 12.2. The SMILES string of the molecule is C[C@@H]1NC1C(C)(I)C(=O)OC(C1CCCC1)C(N=O)(C(F)(F)F)C(F)(F)F. The average molecular weight is 516 g/mol. The third-order valence-corrected chi connectivity index (χ3v) is 6.41. The van der Waals surface area contributed by atoms with E-state index in [0.29, 0.717) is 12.8 Å². The predicted molar refractivity (Wildman–Crippen MR) is 91.3 cm³/mol. The summed E-state index contributed by atoms with van der Waals surface area (Å²) in [6.45, 7) is 3.08. The van der Waals surface area contributed by atoms with E-state index in [0.717, 1.165) is 0 Å². The first-order valence-corrected chi connectivity index (χ1v) is 9.42. The summed E-state index contributed by atoms with van der Waals surface area (Å²) in [5.41, 5.74) is -5.00. The lowest BCUT2D eigenvalue weighted by Gasteiger charge is -2.40. The van der Waals surface area contributed by atoms with Crippen LogP contribution < -0.4 is 5.32 Å². The molecule has 1 heterocycles. The van der Waals surface area contributed by atoms with Crippen LogP contribution in [-0.4, -0.2) is 45.5 Å². The Morgan fingerprint density at radius 2 is 1.59 bits per heavy atom. The second-order valence-corrected chi connectivity index (χ2v) is 9.47. The minimum Gasteiger partial charge on any atom is -0.458 e. The van der Waals surface area contributed by atoms with Gasteiger partial charge in [0, 0.05) is 12.1 Å². The number of ether oxygens (including phenoxy) is 1. The van der Waals surface area contributed by atoms with Crippen LogP contribution >= 0.6 is 22.6 Å². The van der Waals surface area contributed by atoms with E-state index in [1.165, 1.54) is 12.1 Å². The first kappa shape index (κ1) is 22.6. The zero-order chi connectivity index (χ0) is 20.8. The number of carbonyl (C=O) groups is 1. The van der Waals surface area contributed by atoms with Gasteiger partial charge in [-0.25, -0.2) is 0 Å². The molecule has 4 atom stereocenters. The summed E-state index contributed by atoms with van der Waals surface area (Å²) in [5, 5.41) is 4.39. The summed E-state index contributed by atoms with van der Waals surface area (Å²) in [6.07, 6.45) is -14.2. The molecule has 0 radical (unpaired) electrons. The van der Waals surface area contributed by atoms with Gasteiger partial charge in [0.05, 0.1) is 0 Å². The molecule has 12 heteroatoms. The molecule has 2 fully saturated rings. The first-order valence-electron chi connectivity index (χ1n) is 8.34. The van der Waals surface area contributed by atoms with Crippen molar-refractivity contribution in [1.82, 2.24) is 5.32 Å². The van der Waals surface area contributed by atoms with Crippen LogP contribution in [0.4, 0.5) is 26.3 Å². The minimum atomic E-state index is -6.06. The summed E-state index contributed by atoms with van der Waals surface area (Å²) in [7, 11) is 0. The van der Waals surface area contributed by atoms with E-state index in [1.807, 2.05) is 0 Å². The molecule has 0 spiro atoms. The smallest absolute Gasteiger partial charge is 0.429 e. The van der Waals surface area contributed by atoms with E-state index in [9.17, 15) is 36.0 Å². The van der Waals surface area contributed by atoms with Crippen LogP contribution in [0.1, 0.15) is 39.5 Å².